The molecule has 4 nitrogen and oxygen atoms in total. The van der Waals surface area contributed by atoms with Gasteiger partial charge in [0, 0.05) is 12.5 Å². The van der Waals surface area contributed by atoms with Gasteiger partial charge in [-0.05, 0) is 79.2 Å². The number of fused-ring (bicyclic) bond motifs is 1. The first-order chi connectivity index (χ1) is 13.9. The maximum atomic E-state index is 12.9. The zero-order chi connectivity index (χ0) is 22.7. The zero-order valence-electron chi connectivity index (χ0n) is 20.4. The summed E-state index contributed by atoms with van der Waals surface area (Å²) in [6.07, 6.45) is 4.21. The highest BCUT2D eigenvalue weighted by Crippen LogP contribution is 2.42. The molecule has 1 aromatic rings. The van der Waals surface area contributed by atoms with Gasteiger partial charge in [0.15, 0.2) is 11.5 Å². The number of ether oxygens (including phenoxy) is 1. The summed E-state index contributed by atoms with van der Waals surface area (Å²) >= 11 is 0. The average Bonchev–Trinajstić information content (AvgIpc) is 2.64. The molecule has 5 heteroatoms. The number of rotatable bonds is 8. The summed E-state index contributed by atoms with van der Waals surface area (Å²) in [7, 11) is -0.283. The number of ketones is 1. The van der Waals surface area contributed by atoms with Crippen LogP contribution >= 0.6 is 0 Å². The Morgan fingerprint density at radius 2 is 1.93 bits per heavy atom. The van der Waals surface area contributed by atoms with Crippen molar-refractivity contribution < 1.29 is 14.0 Å². The van der Waals surface area contributed by atoms with Gasteiger partial charge in [-0.25, -0.2) is 0 Å². The number of allylic oxidation sites excluding steroid dienone is 2. The normalized spacial score (nSPS) is 17.7. The molecule has 0 saturated carbocycles. The Hall–Kier alpha value is -1.59. The Morgan fingerprint density at radius 1 is 1.27 bits per heavy atom. The van der Waals surface area contributed by atoms with Gasteiger partial charge in [0.2, 0.25) is 0 Å². The molecule has 0 radical (unpaired) electrons. The third-order valence-corrected chi connectivity index (χ3v) is 10.8. The summed E-state index contributed by atoms with van der Waals surface area (Å²) in [6, 6.07) is 4.25. The van der Waals surface area contributed by atoms with Crippen LogP contribution in [0.4, 0.5) is 0 Å². The predicted molar refractivity (Wildman–Crippen MR) is 128 cm³/mol. The Morgan fingerprint density at radius 3 is 2.47 bits per heavy atom. The van der Waals surface area contributed by atoms with Gasteiger partial charge in [-0.2, -0.15) is 0 Å². The van der Waals surface area contributed by atoms with Crippen molar-refractivity contribution >= 4 is 14.1 Å². The lowest BCUT2D eigenvalue weighted by atomic mass is 9.88. The molecule has 30 heavy (non-hydrogen) atoms. The number of hydrogen-bond acceptors (Lipinski definition) is 4. The predicted octanol–water partition coefficient (Wildman–Crippen LogP) is 6.22. The molecule has 0 spiro atoms. The summed E-state index contributed by atoms with van der Waals surface area (Å²) < 4.78 is 12.3. The minimum Gasteiger partial charge on any atom is -0.541 e. The van der Waals surface area contributed by atoms with E-state index in [0.717, 1.165) is 42.0 Å². The molecule has 0 aromatic heterocycles. The van der Waals surface area contributed by atoms with E-state index in [1.54, 1.807) is 7.11 Å². The molecule has 1 atom stereocenters. The molecule has 0 saturated heterocycles. The lowest BCUT2D eigenvalue weighted by Gasteiger charge is -2.37. The standard InChI is InChI=1S/C25H41NO3Si/c1-10-18(13-17(2)3)22(27)16-21-20-15-23(28-7)24(14-19(20)11-12-26-21)29-30(8,9)25(4,5)6/h10,14-15,17,21,26H,11-13,16H2,1-9H3/b18-10+. The van der Waals surface area contributed by atoms with Crippen molar-refractivity contribution in [2.45, 2.75) is 85.0 Å². The Labute approximate surface area is 184 Å². The average molecular weight is 432 g/mol. The molecular formula is C25H41NO3Si. The minimum atomic E-state index is -1.97. The van der Waals surface area contributed by atoms with Crippen molar-refractivity contribution in [3.63, 3.8) is 0 Å². The van der Waals surface area contributed by atoms with Gasteiger partial charge in [0.05, 0.1) is 7.11 Å². The van der Waals surface area contributed by atoms with E-state index in [-0.39, 0.29) is 16.9 Å². The number of hydrogen-bond donors (Lipinski definition) is 1. The van der Waals surface area contributed by atoms with Crippen molar-refractivity contribution in [3.8, 4) is 11.5 Å². The van der Waals surface area contributed by atoms with Crippen LogP contribution in [0.15, 0.2) is 23.8 Å². The molecule has 0 aliphatic carbocycles. The molecule has 1 aromatic carbocycles. The van der Waals surface area contributed by atoms with Gasteiger partial charge in [-0.15, -0.1) is 0 Å². The first kappa shape index (κ1) is 24.7. The minimum absolute atomic E-state index is 0.0131. The molecule has 0 fully saturated rings. The highest BCUT2D eigenvalue weighted by molar-refractivity contribution is 6.74. The fourth-order valence-electron chi connectivity index (χ4n) is 3.65. The van der Waals surface area contributed by atoms with Gasteiger partial charge in [0.25, 0.3) is 8.32 Å². The van der Waals surface area contributed by atoms with Gasteiger partial charge < -0.3 is 14.5 Å². The molecule has 0 bridgehead atoms. The zero-order valence-corrected chi connectivity index (χ0v) is 21.4. The summed E-state index contributed by atoms with van der Waals surface area (Å²) in [4.78, 5) is 12.9. The lowest BCUT2D eigenvalue weighted by molar-refractivity contribution is -0.116. The summed E-state index contributed by atoms with van der Waals surface area (Å²) in [5, 5.41) is 3.66. The Bertz CT molecular complexity index is 790. The molecule has 1 aliphatic rings. The fraction of sp³-hybridized carbons (Fsp3) is 0.640. The van der Waals surface area contributed by atoms with Crippen LogP contribution in [-0.2, 0) is 11.2 Å². The first-order valence-corrected chi connectivity index (χ1v) is 14.1. The first-order valence-electron chi connectivity index (χ1n) is 11.2. The summed E-state index contributed by atoms with van der Waals surface area (Å²) in [6.45, 7) is 18.4. The number of Topliss-reactive ketones (excluding diaryl/α,β-unsaturated/α-hetero) is 1. The van der Waals surface area contributed by atoms with Crippen LogP contribution in [-0.4, -0.2) is 27.8 Å². The molecule has 2 rings (SSSR count). The van der Waals surface area contributed by atoms with Crippen LogP contribution in [0.5, 0.6) is 11.5 Å². The van der Waals surface area contributed by atoms with Gasteiger partial charge in [-0.1, -0.05) is 40.7 Å². The quantitative estimate of drug-likeness (QED) is 0.392. The maximum Gasteiger partial charge on any atom is 0.250 e. The van der Waals surface area contributed by atoms with E-state index in [1.165, 1.54) is 5.56 Å². The van der Waals surface area contributed by atoms with Crippen molar-refractivity contribution in [2.75, 3.05) is 13.7 Å². The SMILES string of the molecule is C/C=C(\CC(C)C)C(=O)CC1NCCc2cc(O[Si](C)(C)C(C)(C)C)c(OC)cc21. The molecule has 1 heterocycles. The maximum absolute atomic E-state index is 12.9. The van der Waals surface area contributed by atoms with Crippen molar-refractivity contribution in [3.05, 3.63) is 34.9 Å². The Kier molecular flexibility index (Phi) is 7.97. The van der Waals surface area contributed by atoms with E-state index in [9.17, 15) is 4.79 Å². The largest absolute Gasteiger partial charge is 0.541 e. The van der Waals surface area contributed by atoms with E-state index < -0.39 is 8.32 Å². The number of nitrogens with one attached hydrogen (secondary N) is 1. The lowest BCUT2D eigenvalue weighted by Crippen LogP contribution is -2.44. The van der Waals surface area contributed by atoms with Crippen LogP contribution in [0.25, 0.3) is 0 Å². The third kappa shape index (κ3) is 5.76. The van der Waals surface area contributed by atoms with Crippen molar-refractivity contribution in [1.29, 1.82) is 0 Å². The smallest absolute Gasteiger partial charge is 0.250 e. The van der Waals surface area contributed by atoms with Crippen LogP contribution < -0.4 is 14.5 Å². The second kappa shape index (κ2) is 9.69. The second-order valence-electron chi connectivity index (χ2n) is 10.4. The van der Waals surface area contributed by atoms with E-state index in [4.69, 9.17) is 9.16 Å². The van der Waals surface area contributed by atoms with Gasteiger partial charge in [0.1, 0.15) is 5.75 Å². The molecule has 168 valence electrons. The monoisotopic (exact) mass is 431 g/mol. The third-order valence-electron chi connectivity index (χ3n) is 6.48. The van der Waals surface area contributed by atoms with Crippen LogP contribution in [0, 0.1) is 5.92 Å². The molecule has 0 amide bonds. The van der Waals surface area contributed by atoms with Crippen LogP contribution in [0.1, 0.15) is 71.6 Å². The molecule has 1 unspecified atom stereocenters. The van der Waals surface area contributed by atoms with Crippen LogP contribution in [0.3, 0.4) is 0 Å². The summed E-state index contributed by atoms with van der Waals surface area (Å²) in [5.74, 6) is 2.30. The molecule has 1 N–H and O–H groups in total. The summed E-state index contributed by atoms with van der Waals surface area (Å²) in [5.41, 5.74) is 3.35. The second-order valence-corrected chi connectivity index (χ2v) is 15.1. The fourth-order valence-corrected chi connectivity index (χ4v) is 4.66. The van der Waals surface area contributed by atoms with Crippen LogP contribution in [0.2, 0.25) is 18.1 Å². The highest BCUT2D eigenvalue weighted by atomic mass is 28.4. The number of carbonyl (C=O) groups is 1. The van der Waals surface area contributed by atoms with Gasteiger partial charge >= 0.3 is 0 Å². The molecule has 1 aliphatic heterocycles. The van der Waals surface area contributed by atoms with E-state index in [0.29, 0.717) is 12.3 Å². The number of methoxy groups -OCH3 is 1. The Balaban J connectivity index is 2.32. The molecular weight excluding hydrogens is 390 g/mol. The van der Waals surface area contributed by atoms with E-state index in [2.05, 4.69) is 65.2 Å². The van der Waals surface area contributed by atoms with E-state index >= 15 is 0 Å². The number of carbonyl (C=O) groups excluding carboxylic acids is 1. The van der Waals surface area contributed by atoms with Crippen molar-refractivity contribution in [2.24, 2.45) is 5.92 Å². The topological polar surface area (TPSA) is 47.6 Å². The van der Waals surface area contributed by atoms with Crippen molar-refractivity contribution in [1.82, 2.24) is 5.32 Å². The van der Waals surface area contributed by atoms with E-state index in [1.807, 2.05) is 13.0 Å². The van der Waals surface area contributed by atoms with Gasteiger partial charge in [-0.3, -0.25) is 4.79 Å². The highest BCUT2D eigenvalue weighted by Gasteiger charge is 2.40. The number of benzene rings is 1.